The van der Waals surface area contributed by atoms with Gasteiger partial charge in [-0.25, -0.2) is 4.98 Å². The molecule has 1 aromatic heterocycles. The van der Waals surface area contributed by atoms with Crippen molar-refractivity contribution < 1.29 is 0 Å². The van der Waals surface area contributed by atoms with Gasteiger partial charge in [0.2, 0.25) is 0 Å². The molecule has 1 aliphatic rings. The molecular formula is C12H18N2. The van der Waals surface area contributed by atoms with E-state index >= 15 is 0 Å². The highest BCUT2D eigenvalue weighted by molar-refractivity contribution is 5.33. The molecule has 0 atom stereocenters. The van der Waals surface area contributed by atoms with E-state index in [4.69, 9.17) is 0 Å². The van der Waals surface area contributed by atoms with Crippen molar-refractivity contribution in [1.82, 2.24) is 4.98 Å². The zero-order valence-corrected chi connectivity index (χ0v) is 8.79. The van der Waals surface area contributed by atoms with Crippen LogP contribution in [0.3, 0.4) is 0 Å². The number of hydrogen-bond donors (Lipinski definition) is 1. The third-order valence-electron chi connectivity index (χ3n) is 3.47. The van der Waals surface area contributed by atoms with E-state index in [-0.39, 0.29) is 0 Å². The van der Waals surface area contributed by atoms with Crippen molar-refractivity contribution in [2.75, 3.05) is 11.9 Å². The van der Waals surface area contributed by atoms with Crippen LogP contribution in [-0.4, -0.2) is 11.5 Å². The minimum Gasteiger partial charge on any atom is -0.370 e. The van der Waals surface area contributed by atoms with Gasteiger partial charge in [-0.3, -0.25) is 0 Å². The molecule has 0 saturated heterocycles. The van der Waals surface area contributed by atoms with Gasteiger partial charge in [0, 0.05) is 12.7 Å². The van der Waals surface area contributed by atoms with Crippen molar-refractivity contribution in [3.63, 3.8) is 0 Å². The average Bonchev–Trinajstić information content (AvgIpc) is 2.19. The minimum absolute atomic E-state index is 0.567. The lowest BCUT2D eigenvalue weighted by molar-refractivity contribution is 0.145. The normalized spacial score (nSPS) is 18.6. The van der Waals surface area contributed by atoms with Crippen molar-refractivity contribution >= 4 is 5.82 Å². The number of rotatable bonds is 4. The Morgan fingerprint density at radius 2 is 2.29 bits per heavy atom. The van der Waals surface area contributed by atoms with Crippen molar-refractivity contribution in [2.45, 2.75) is 32.6 Å². The van der Waals surface area contributed by atoms with E-state index in [1.54, 1.807) is 0 Å². The molecule has 1 fully saturated rings. The molecule has 0 aromatic carbocycles. The summed E-state index contributed by atoms with van der Waals surface area (Å²) in [6, 6.07) is 6.00. The van der Waals surface area contributed by atoms with Crippen LogP contribution in [0.4, 0.5) is 5.82 Å². The quantitative estimate of drug-likeness (QED) is 0.789. The Bertz CT molecular complexity index is 272. The molecule has 0 aliphatic heterocycles. The summed E-state index contributed by atoms with van der Waals surface area (Å²) in [6.45, 7) is 3.37. The number of nitrogens with zero attached hydrogens (tertiary/aromatic N) is 1. The predicted molar refractivity (Wildman–Crippen MR) is 59.3 cm³/mol. The molecule has 76 valence electrons. The summed E-state index contributed by atoms with van der Waals surface area (Å²) in [7, 11) is 0. The van der Waals surface area contributed by atoms with Gasteiger partial charge < -0.3 is 5.32 Å². The van der Waals surface area contributed by atoms with E-state index in [0.717, 1.165) is 12.4 Å². The molecular weight excluding hydrogens is 172 g/mol. The zero-order valence-electron chi connectivity index (χ0n) is 8.79. The molecule has 1 aromatic rings. The van der Waals surface area contributed by atoms with Crippen LogP contribution >= 0.6 is 0 Å². The number of pyridine rings is 1. The number of nitrogens with one attached hydrogen (secondary N) is 1. The minimum atomic E-state index is 0.567. The molecule has 1 saturated carbocycles. The second-order valence-corrected chi connectivity index (χ2v) is 4.28. The van der Waals surface area contributed by atoms with Crippen LogP contribution < -0.4 is 5.32 Å². The van der Waals surface area contributed by atoms with Crippen LogP contribution in [0.5, 0.6) is 0 Å². The molecule has 0 radical (unpaired) electrons. The van der Waals surface area contributed by atoms with Gasteiger partial charge in [0.1, 0.15) is 5.82 Å². The molecule has 1 N–H and O–H groups in total. The monoisotopic (exact) mass is 190 g/mol. The second kappa shape index (κ2) is 3.99. The van der Waals surface area contributed by atoms with Gasteiger partial charge in [-0.2, -0.15) is 0 Å². The van der Waals surface area contributed by atoms with Gasteiger partial charge in [-0.15, -0.1) is 0 Å². The van der Waals surface area contributed by atoms with Gasteiger partial charge in [-0.05, 0) is 36.8 Å². The number of anilines is 1. The summed E-state index contributed by atoms with van der Waals surface area (Å²) in [4.78, 5) is 4.26. The van der Waals surface area contributed by atoms with Crippen LogP contribution in [0.15, 0.2) is 24.4 Å². The zero-order chi connectivity index (χ0) is 9.86. The van der Waals surface area contributed by atoms with Gasteiger partial charge in [-0.1, -0.05) is 19.4 Å². The first-order valence-electron chi connectivity index (χ1n) is 5.50. The van der Waals surface area contributed by atoms with Crippen LogP contribution in [0.25, 0.3) is 0 Å². The van der Waals surface area contributed by atoms with E-state index in [0.29, 0.717) is 5.41 Å². The molecule has 0 spiro atoms. The van der Waals surface area contributed by atoms with E-state index in [2.05, 4.69) is 17.2 Å². The van der Waals surface area contributed by atoms with E-state index < -0.39 is 0 Å². The van der Waals surface area contributed by atoms with Crippen molar-refractivity contribution in [3.8, 4) is 0 Å². The molecule has 2 nitrogen and oxygen atoms in total. The Morgan fingerprint density at radius 3 is 2.79 bits per heavy atom. The SMILES string of the molecule is CCC1(CNc2ccccn2)CCC1. The molecule has 1 aliphatic carbocycles. The Balaban J connectivity index is 1.88. The Hall–Kier alpha value is -1.05. The first-order valence-corrected chi connectivity index (χ1v) is 5.50. The molecule has 0 unspecified atom stereocenters. The highest BCUT2D eigenvalue weighted by Crippen LogP contribution is 2.43. The van der Waals surface area contributed by atoms with Gasteiger partial charge in [0.05, 0.1) is 0 Å². The standard InChI is InChI=1S/C12H18N2/c1-2-12(7-5-8-12)10-14-11-6-3-4-9-13-11/h3-4,6,9H,2,5,7-8,10H2,1H3,(H,13,14). The Labute approximate surface area is 85.7 Å². The molecule has 0 bridgehead atoms. The highest BCUT2D eigenvalue weighted by Gasteiger charge is 2.34. The summed E-state index contributed by atoms with van der Waals surface area (Å²) < 4.78 is 0. The summed E-state index contributed by atoms with van der Waals surface area (Å²) >= 11 is 0. The maximum Gasteiger partial charge on any atom is 0.125 e. The lowest BCUT2D eigenvalue weighted by Crippen LogP contribution is -2.35. The van der Waals surface area contributed by atoms with Crippen molar-refractivity contribution in [3.05, 3.63) is 24.4 Å². The van der Waals surface area contributed by atoms with Gasteiger partial charge in [0.25, 0.3) is 0 Å². The lowest BCUT2D eigenvalue weighted by Gasteiger charge is -2.41. The lowest BCUT2D eigenvalue weighted by atomic mass is 9.67. The van der Waals surface area contributed by atoms with Crippen molar-refractivity contribution in [2.24, 2.45) is 5.41 Å². The third kappa shape index (κ3) is 1.89. The number of aromatic nitrogens is 1. The van der Waals surface area contributed by atoms with Crippen LogP contribution in [0.2, 0.25) is 0 Å². The van der Waals surface area contributed by atoms with E-state index in [1.165, 1.54) is 25.7 Å². The average molecular weight is 190 g/mol. The largest absolute Gasteiger partial charge is 0.370 e. The molecule has 0 amide bonds. The maximum atomic E-state index is 4.26. The first kappa shape index (κ1) is 9.50. The predicted octanol–water partition coefficient (Wildman–Crippen LogP) is 3.07. The maximum absolute atomic E-state index is 4.26. The van der Waals surface area contributed by atoms with E-state index in [9.17, 15) is 0 Å². The van der Waals surface area contributed by atoms with E-state index in [1.807, 2.05) is 24.4 Å². The molecule has 2 heteroatoms. The molecule has 2 rings (SSSR count). The fraction of sp³-hybridized carbons (Fsp3) is 0.583. The molecule has 14 heavy (non-hydrogen) atoms. The summed E-state index contributed by atoms with van der Waals surface area (Å²) in [5, 5.41) is 3.43. The fourth-order valence-electron chi connectivity index (χ4n) is 2.08. The number of hydrogen-bond acceptors (Lipinski definition) is 2. The van der Waals surface area contributed by atoms with Crippen LogP contribution in [0.1, 0.15) is 32.6 Å². The highest BCUT2D eigenvalue weighted by atomic mass is 15.0. The Kier molecular flexibility index (Phi) is 2.71. The van der Waals surface area contributed by atoms with Crippen LogP contribution in [-0.2, 0) is 0 Å². The summed E-state index contributed by atoms with van der Waals surface area (Å²) in [6.07, 6.45) is 7.28. The van der Waals surface area contributed by atoms with Crippen molar-refractivity contribution in [1.29, 1.82) is 0 Å². The Morgan fingerprint density at radius 1 is 1.43 bits per heavy atom. The first-order chi connectivity index (χ1) is 6.85. The van der Waals surface area contributed by atoms with Gasteiger partial charge in [0.15, 0.2) is 0 Å². The second-order valence-electron chi connectivity index (χ2n) is 4.28. The smallest absolute Gasteiger partial charge is 0.125 e. The summed E-state index contributed by atoms with van der Waals surface area (Å²) in [5.41, 5.74) is 0.567. The summed E-state index contributed by atoms with van der Waals surface area (Å²) in [5.74, 6) is 1.01. The topological polar surface area (TPSA) is 24.9 Å². The van der Waals surface area contributed by atoms with Gasteiger partial charge >= 0.3 is 0 Å². The molecule has 1 heterocycles. The third-order valence-corrected chi connectivity index (χ3v) is 3.47. The fourth-order valence-corrected chi connectivity index (χ4v) is 2.08. The van der Waals surface area contributed by atoms with Crippen LogP contribution in [0, 0.1) is 5.41 Å².